The van der Waals surface area contributed by atoms with E-state index in [4.69, 9.17) is 0 Å². The van der Waals surface area contributed by atoms with Crippen molar-refractivity contribution in [2.24, 2.45) is 0 Å². The SMILES string of the molecule is O=C(CSc1ccncc1)NCC1=CCNCC1. The maximum atomic E-state index is 11.7. The van der Waals surface area contributed by atoms with Crippen molar-refractivity contribution in [1.29, 1.82) is 0 Å². The van der Waals surface area contributed by atoms with Gasteiger partial charge in [-0.3, -0.25) is 9.78 Å². The monoisotopic (exact) mass is 263 g/mol. The summed E-state index contributed by atoms with van der Waals surface area (Å²) in [5, 5.41) is 6.20. The molecule has 0 saturated carbocycles. The fraction of sp³-hybridized carbons (Fsp3) is 0.385. The van der Waals surface area contributed by atoms with Crippen molar-refractivity contribution in [3.8, 4) is 0 Å². The number of nitrogens with zero attached hydrogens (tertiary/aromatic N) is 1. The Morgan fingerprint density at radius 2 is 2.28 bits per heavy atom. The first-order valence-corrected chi connectivity index (χ1v) is 7.01. The maximum absolute atomic E-state index is 11.7. The summed E-state index contributed by atoms with van der Waals surface area (Å²) in [7, 11) is 0. The molecule has 4 nitrogen and oxygen atoms in total. The molecule has 0 unspecified atom stereocenters. The molecule has 0 fully saturated rings. The van der Waals surface area contributed by atoms with Crippen molar-refractivity contribution in [2.45, 2.75) is 11.3 Å². The summed E-state index contributed by atoms with van der Waals surface area (Å²) in [6.07, 6.45) is 6.65. The molecule has 0 radical (unpaired) electrons. The summed E-state index contributed by atoms with van der Waals surface area (Å²) >= 11 is 1.53. The van der Waals surface area contributed by atoms with E-state index in [1.807, 2.05) is 12.1 Å². The lowest BCUT2D eigenvalue weighted by Crippen LogP contribution is -2.30. The summed E-state index contributed by atoms with van der Waals surface area (Å²) < 4.78 is 0. The number of pyridine rings is 1. The van der Waals surface area contributed by atoms with Crippen LogP contribution >= 0.6 is 11.8 Å². The van der Waals surface area contributed by atoms with Crippen molar-refractivity contribution in [2.75, 3.05) is 25.4 Å². The molecule has 0 aliphatic carbocycles. The summed E-state index contributed by atoms with van der Waals surface area (Å²) in [4.78, 5) is 16.7. The third kappa shape index (κ3) is 4.50. The van der Waals surface area contributed by atoms with E-state index in [-0.39, 0.29) is 5.91 Å². The third-order valence-electron chi connectivity index (χ3n) is 2.69. The maximum Gasteiger partial charge on any atom is 0.230 e. The highest BCUT2D eigenvalue weighted by Gasteiger charge is 2.06. The molecule has 1 aliphatic rings. The Kier molecular flexibility index (Phi) is 5.23. The van der Waals surface area contributed by atoms with E-state index < -0.39 is 0 Å². The summed E-state index contributed by atoms with van der Waals surface area (Å²) in [6.45, 7) is 2.60. The van der Waals surface area contributed by atoms with Gasteiger partial charge >= 0.3 is 0 Å². The third-order valence-corrected chi connectivity index (χ3v) is 3.70. The highest BCUT2D eigenvalue weighted by Crippen LogP contribution is 2.15. The largest absolute Gasteiger partial charge is 0.352 e. The van der Waals surface area contributed by atoms with Gasteiger partial charge in [-0.2, -0.15) is 0 Å². The molecular formula is C13H17N3OS. The zero-order chi connectivity index (χ0) is 12.6. The van der Waals surface area contributed by atoms with E-state index in [9.17, 15) is 4.79 Å². The van der Waals surface area contributed by atoms with E-state index in [0.717, 1.165) is 24.4 Å². The summed E-state index contributed by atoms with van der Waals surface area (Å²) in [5.74, 6) is 0.534. The van der Waals surface area contributed by atoms with E-state index in [2.05, 4.69) is 21.7 Å². The first-order chi connectivity index (χ1) is 8.84. The molecular weight excluding hydrogens is 246 g/mol. The van der Waals surface area contributed by atoms with Crippen molar-refractivity contribution < 1.29 is 4.79 Å². The minimum atomic E-state index is 0.0799. The van der Waals surface area contributed by atoms with Crippen LogP contribution in [0.15, 0.2) is 41.1 Å². The number of aromatic nitrogens is 1. The number of rotatable bonds is 5. The first-order valence-electron chi connectivity index (χ1n) is 6.03. The smallest absolute Gasteiger partial charge is 0.230 e. The predicted molar refractivity (Wildman–Crippen MR) is 73.5 cm³/mol. The van der Waals surface area contributed by atoms with Gasteiger partial charge in [0.2, 0.25) is 5.91 Å². The Balaban J connectivity index is 1.67. The van der Waals surface area contributed by atoms with Crippen molar-refractivity contribution in [3.63, 3.8) is 0 Å². The second-order valence-electron chi connectivity index (χ2n) is 4.06. The van der Waals surface area contributed by atoms with Gasteiger partial charge in [-0.05, 0) is 25.1 Å². The summed E-state index contributed by atoms with van der Waals surface area (Å²) in [6, 6.07) is 3.82. The Labute approximate surface area is 111 Å². The van der Waals surface area contributed by atoms with E-state index >= 15 is 0 Å². The van der Waals surface area contributed by atoms with Crippen LogP contribution in [0.4, 0.5) is 0 Å². The van der Waals surface area contributed by atoms with Crippen LogP contribution in [0.5, 0.6) is 0 Å². The Morgan fingerprint density at radius 3 is 3.00 bits per heavy atom. The first kappa shape index (κ1) is 13.1. The van der Waals surface area contributed by atoms with Gasteiger partial charge in [-0.1, -0.05) is 11.6 Å². The zero-order valence-electron chi connectivity index (χ0n) is 10.2. The normalized spacial score (nSPS) is 15.0. The van der Waals surface area contributed by atoms with Crippen LogP contribution in [0.2, 0.25) is 0 Å². The Bertz CT molecular complexity index is 420. The van der Waals surface area contributed by atoms with Crippen molar-refractivity contribution in [1.82, 2.24) is 15.6 Å². The average molecular weight is 263 g/mol. The zero-order valence-corrected chi connectivity index (χ0v) is 11.0. The average Bonchev–Trinajstić information content (AvgIpc) is 2.45. The molecule has 2 N–H and O–H groups in total. The van der Waals surface area contributed by atoms with Gasteiger partial charge in [0.1, 0.15) is 0 Å². The minimum absolute atomic E-state index is 0.0799. The quantitative estimate of drug-likeness (QED) is 0.619. The number of nitrogens with one attached hydrogen (secondary N) is 2. The lowest BCUT2D eigenvalue weighted by atomic mass is 10.1. The van der Waals surface area contributed by atoms with Gasteiger partial charge in [0.05, 0.1) is 5.75 Å². The van der Waals surface area contributed by atoms with Crippen molar-refractivity contribution >= 4 is 17.7 Å². The van der Waals surface area contributed by atoms with E-state index in [1.165, 1.54) is 17.3 Å². The van der Waals surface area contributed by atoms with Crippen LogP contribution in [0, 0.1) is 0 Å². The number of amides is 1. The standard InChI is InChI=1S/C13H17N3OS/c17-13(10-18-12-3-7-15-8-4-12)16-9-11-1-5-14-6-2-11/h1,3-4,7-8,14H,2,5-6,9-10H2,(H,16,17). The van der Waals surface area contributed by atoms with Gasteiger partial charge in [-0.15, -0.1) is 11.8 Å². The van der Waals surface area contributed by atoms with Crippen LogP contribution in [0.1, 0.15) is 6.42 Å². The Hall–Kier alpha value is -1.33. The van der Waals surface area contributed by atoms with Crippen LogP contribution in [0.3, 0.4) is 0 Å². The van der Waals surface area contributed by atoms with E-state index in [0.29, 0.717) is 12.3 Å². The van der Waals surface area contributed by atoms with Crippen LogP contribution in [0.25, 0.3) is 0 Å². The van der Waals surface area contributed by atoms with Crippen molar-refractivity contribution in [3.05, 3.63) is 36.2 Å². The second-order valence-corrected chi connectivity index (χ2v) is 5.11. The van der Waals surface area contributed by atoms with Gasteiger partial charge < -0.3 is 10.6 Å². The van der Waals surface area contributed by atoms with Gasteiger partial charge in [-0.25, -0.2) is 0 Å². The molecule has 0 saturated heterocycles. The molecule has 2 heterocycles. The lowest BCUT2D eigenvalue weighted by molar-refractivity contribution is -0.118. The fourth-order valence-corrected chi connectivity index (χ4v) is 2.39. The molecule has 1 amide bonds. The molecule has 5 heteroatoms. The number of hydrogen-bond donors (Lipinski definition) is 2. The molecule has 1 aliphatic heterocycles. The fourth-order valence-electron chi connectivity index (χ4n) is 1.68. The molecule has 1 aromatic heterocycles. The second kappa shape index (κ2) is 7.18. The van der Waals surface area contributed by atoms with Gasteiger partial charge in [0.15, 0.2) is 0 Å². The molecule has 0 aromatic carbocycles. The number of carbonyl (C=O) groups excluding carboxylic acids is 1. The Morgan fingerprint density at radius 1 is 1.44 bits per heavy atom. The molecule has 2 rings (SSSR count). The van der Waals surface area contributed by atoms with Gasteiger partial charge in [0, 0.05) is 30.4 Å². The highest BCUT2D eigenvalue weighted by molar-refractivity contribution is 8.00. The van der Waals surface area contributed by atoms with Gasteiger partial charge in [0.25, 0.3) is 0 Å². The number of carbonyl (C=O) groups is 1. The topological polar surface area (TPSA) is 54.0 Å². The number of thioether (sulfide) groups is 1. The molecule has 18 heavy (non-hydrogen) atoms. The molecule has 0 bridgehead atoms. The van der Waals surface area contributed by atoms with E-state index in [1.54, 1.807) is 12.4 Å². The molecule has 0 atom stereocenters. The van der Waals surface area contributed by atoms with Crippen LogP contribution in [-0.4, -0.2) is 36.3 Å². The predicted octanol–water partition coefficient (Wildman–Crippen LogP) is 1.21. The lowest BCUT2D eigenvalue weighted by Gasteiger charge is -2.14. The summed E-state index contributed by atoms with van der Waals surface area (Å²) in [5.41, 5.74) is 1.32. The molecule has 96 valence electrons. The minimum Gasteiger partial charge on any atom is -0.352 e. The van der Waals surface area contributed by atoms with Crippen LogP contribution in [-0.2, 0) is 4.79 Å². The molecule has 0 spiro atoms. The number of hydrogen-bond acceptors (Lipinski definition) is 4. The van der Waals surface area contributed by atoms with Crippen LogP contribution < -0.4 is 10.6 Å². The molecule has 1 aromatic rings. The highest BCUT2D eigenvalue weighted by atomic mass is 32.2.